The highest BCUT2D eigenvalue weighted by Gasteiger charge is 2.01. The molecule has 0 aliphatic rings. The van der Waals surface area contributed by atoms with Crippen LogP contribution in [0.25, 0.3) is 5.65 Å². The normalized spacial score (nSPS) is 11.1. The molecular weight excluding hydrogens is 190 g/mol. The van der Waals surface area contributed by atoms with E-state index in [4.69, 9.17) is 10.8 Å². The van der Waals surface area contributed by atoms with Crippen molar-refractivity contribution in [3.05, 3.63) is 35.8 Å². The van der Waals surface area contributed by atoms with E-state index in [0.29, 0.717) is 6.54 Å². The van der Waals surface area contributed by atoms with Crippen molar-refractivity contribution in [2.45, 2.75) is 19.4 Å². The van der Waals surface area contributed by atoms with E-state index in [1.54, 1.807) is 0 Å². The lowest BCUT2D eigenvalue weighted by molar-refractivity contribution is 0.288. The van der Waals surface area contributed by atoms with Gasteiger partial charge in [0.25, 0.3) is 0 Å². The number of aliphatic hydroxyl groups excluding tert-OH is 1. The predicted molar refractivity (Wildman–Crippen MR) is 58.5 cm³/mol. The standard InChI is InChI=1S/C11H15N3O/c12-6-9-3-4-11-13-10(2-1-5-15)8-14(11)7-9/h3-4,7-8,15H,1-2,5-6,12H2. The Labute approximate surface area is 88.4 Å². The summed E-state index contributed by atoms with van der Waals surface area (Å²) in [5, 5.41) is 8.73. The van der Waals surface area contributed by atoms with E-state index in [9.17, 15) is 0 Å². The number of rotatable bonds is 4. The van der Waals surface area contributed by atoms with Gasteiger partial charge in [-0.25, -0.2) is 4.98 Å². The highest BCUT2D eigenvalue weighted by Crippen LogP contribution is 2.08. The smallest absolute Gasteiger partial charge is 0.136 e. The van der Waals surface area contributed by atoms with Gasteiger partial charge in [0.2, 0.25) is 0 Å². The fraction of sp³-hybridized carbons (Fsp3) is 0.364. The molecule has 0 bridgehead atoms. The molecule has 0 spiro atoms. The third-order valence-electron chi connectivity index (χ3n) is 2.39. The highest BCUT2D eigenvalue weighted by molar-refractivity contribution is 5.41. The minimum atomic E-state index is 0.210. The molecule has 2 aromatic rings. The number of aromatic nitrogens is 2. The molecule has 3 N–H and O–H groups in total. The van der Waals surface area contributed by atoms with E-state index in [0.717, 1.165) is 29.7 Å². The van der Waals surface area contributed by atoms with Gasteiger partial charge in [0.15, 0.2) is 0 Å². The highest BCUT2D eigenvalue weighted by atomic mass is 16.2. The van der Waals surface area contributed by atoms with Crippen LogP contribution in [0.5, 0.6) is 0 Å². The van der Waals surface area contributed by atoms with Crippen molar-refractivity contribution < 1.29 is 5.11 Å². The number of pyridine rings is 1. The summed E-state index contributed by atoms with van der Waals surface area (Å²) in [6.45, 7) is 0.752. The number of nitrogens with two attached hydrogens (primary N) is 1. The molecule has 4 nitrogen and oxygen atoms in total. The lowest BCUT2D eigenvalue weighted by Crippen LogP contribution is -1.97. The van der Waals surface area contributed by atoms with Crippen LogP contribution in [0.4, 0.5) is 0 Å². The first kappa shape index (κ1) is 10.1. The minimum Gasteiger partial charge on any atom is -0.396 e. The van der Waals surface area contributed by atoms with Crippen LogP contribution in [0, 0.1) is 0 Å². The zero-order valence-electron chi connectivity index (χ0n) is 8.56. The Morgan fingerprint density at radius 2 is 2.20 bits per heavy atom. The maximum Gasteiger partial charge on any atom is 0.136 e. The first-order chi connectivity index (χ1) is 7.33. The summed E-state index contributed by atoms with van der Waals surface area (Å²) < 4.78 is 1.98. The molecule has 15 heavy (non-hydrogen) atoms. The van der Waals surface area contributed by atoms with E-state index in [1.807, 2.05) is 28.9 Å². The molecule has 0 aliphatic heterocycles. The summed E-state index contributed by atoms with van der Waals surface area (Å²) in [5.41, 5.74) is 8.60. The van der Waals surface area contributed by atoms with Crippen LogP contribution in [0.15, 0.2) is 24.5 Å². The minimum absolute atomic E-state index is 0.210. The zero-order chi connectivity index (χ0) is 10.7. The van der Waals surface area contributed by atoms with Crippen LogP contribution in [0.1, 0.15) is 17.7 Å². The summed E-state index contributed by atoms with van der Waals surface area (Å²) in [6, 6.07) is 3.95. The van der Waals surface area contributed by atoms with Gasteiger partial charge in [-0.2, -0.15) is 0 Å². The zero-order valence-corrected chi connectivity index (χ0v) is 8.56. The number of imidazole rings is 1. The number of hydrogen-bond acceptors (Lipinski definition) is 3. The third-order valence-corrected chi connectivity index (χ3v) is 2.39. The molecule has 0 aromatic carbocycles. The first-order valence-corrected chi connectivity index (χ1v) is 5.11. The largest absolute Gasteiger partial charge is 0.396 e. The lowest BCUT2D eigenvalue weighted by atomic mass is 10.3. The molecule has 0 aliphatic carbocycles. The molecule has 0 amide bonds. The maximum atomic E-state index is 8.73. The summed E-state index contributed by atoms with van der Waals surface area (Å²) in [6.07, 6.45) is 5.55. The van der Waals surface area contributed by atoms with E-state index in [-0.39, 0.29) is 6.61 Å². The lowest BCUT2D eigenvalue weighted by Gasteiger charge is -1.96. The average molecular weight is 205 g/mol. The molecule has 0 saturated carbocycles. The average Bonchev–Trinajstić information content (AvgIpc) is 2.67. The summed E-state index contributed by atoms with van der Waals surface area (Å²) in [7, 11) is 0. The van der Waals surface area contributed by atoms with Gasteiger partial charge in [-0.3, -0.25) is 0 Å². The molecular formula is C11H15N3O. The van der Waals surface area contributed by atoms with Crippen LogP contribution in [0.2, 0.25) is 0 Å². The van der Waals surface area contributed by atoms with Crippen LogP contribution in [-0.4, -0.2) is 21.1 Å². The summed E-state index contributed by atoms with van der Waals surface area (Å²) in [4.78, 5) is 4.44. The van der Waals surface area contributed by atoms with Gasteiger partial charge in [0.1, 0.15) is 5.65 Å². The third kappa shape index (κ3) is 2.16. The van der Waals surface area contributed by atoms with Crippen molar-refractivity contribution in [2.24, 2.45) is 5.73 Å². The number of aryl methyl sites for hydroxylation is 1. The predicted octanol–water partition coefficient (Wildman–Crippen LogP) is 0.718. The van der Waals surface area contributed by atoms with Gasteiger partial charge in [-0.15, -0.1) is 0 Å². The molecule has 0 unspecified atom stereocenters. The van der Waals surface area contributed by atoms with Gasteiger partial charge >= 0.3 is 0 Å². The molecule has 0 saturated heterocycles. The van der Waals surface area contributed by atoms with Crippen molar-refractivity contribution in [2.75, 3.05) is 6.61 Å². The van der Waals surface area contributed by atoms with Crippen molar-refractivity contribution >= 4 is 5.65 Å². The van der Waals surface area contributed by atoms with E-state index in [2.05, 4.69) is 4.98 Å². The SMILES string of the molecule is NCc1ccc2nc(CCCO)cn2c1. The number of hydrogen-bond donors (Lipinski definition) is 2. The first-order valence-electron chi connectivity index (χ1n) is 5.11. The van der Waals surface area contributed by atoms with Crippen LogP contribution >= 0.6 is 0 Å². The summed E-state index contributed by atoms with van der Waals surface area (Å²) >= 11 is 0. The van der Waals surface area contributed by atoms with Gasteiger partial charge in [0.05, 0.1) is 5.69 Å². The molecule has 0 fully saturated rings. The molecule has 4 heteroatoms. The second kappa shape index (κ2) is 4.42. The van der Waals surface area contributed by atoms with Crippen LogP contribution < -0.4 is 5.73 Å². The van der Waals surface area contributed by atoms with E-state index in [1.165, 1.54) is 0 Å². The molecule has 0 atom stereocenters. The Morgan fingerprint density at radius 1 is 1.33 bits per heavy atom. The van der Waals surface area contributed by atoms with Gasteiger partial charge in [-0.05, 0) is 24.5 Å². The topological polar surface area (TPSA) is 63.5 Å². The van der Waals surface area contributed by atoms with Crippen LogP contribution in [0.3, 0.4) is 0 Å². The van der Waals surface area contributed by atoms with Gasteiger partial charge in [-0.1, -0.05) is 6.07 Å². The van der Waals surface area contributed by atoms with Crippen molar-refractivity contribution in [1.29, 1.82) is 0 Å². The number of nitrogens with zero attached hydrogens (tertiary/aromatic N) is 2. The second-order valence-corrected chi connectivity index (χ2v) is 3.57. The Kier molecular flexibility index (Phi) is 2.99. The molecule has 0 radical (unpaired) electrons. The second-order valence-electron chi connectivity index (χ2n) is 3.57. The molecule has 2 heterocycles. The number of fused-ring (bicyclic) bond motifs is 1. The molecule has 2 aromatic heterocycles. The molecule has 2 rings (SSSR count). The van der Waals surface area contributed by atoms with E-state index < -0.39 is 0 Å². The number of aliphatic hydroxyl groups is 1. The van der Waals surface area contributed by atoms with Gasteiger partial charge in [0, 0.05) is 25.5 Å². The Bertz CT molecular complexity index is 450. The fourth-order valence-corrected chi connectivity index (χ4v) is 1.59. The van der Waals surface area contributed by atoms with Crippen molar-refractivity contribution in [1.82, 2.24) is 9.38 Å². The van der Waals surface area contributed by atoms with Crippen molar-refractivity contribution in [3.8, 4) is 0 Å². The van der Waals surface area contributed by atoms with Crippen molar-refractivity contribution in [3.63, 3.8) is 0 Å². The molecule has 80 valence electrons. The quantitative estimate of drug-likeness (QED) is 0.773. The Hall–Kier alpha value is -1.39. The van der Waals surface area contributed by atoms with Crippen LogP contribution in [-0.2, 0) is 13.0 Å². The Morgan fingerprint density at radius 3 is 2.93 bits per heavy atom. The fourth-order valence-electron chi connectivity index (χ4n) is 1.59. The van der Waals surface area contributed by atoms with Gasteiger partial charge < -0.3 is 15.2 Å². The Balaban J connectivity index is 2.29. The monoisotopic (exact) mass is 205 g/mol. The summed E-state index contributed by atoms with van der Waals surface area (Å²) in [5.74, 6) is 0. The van der Waals surface area contributed by atoms with E-state index >= 15 is 0 Å². The maximum absolute atomic E-state index is 8.73.